The lowest BCUT2D eigenvalue weighted by molar-refractivity contribution is -0.143. The number of amides is 1. The van der Waals surface area contributed by atoms with Crippen LogP contribution in [0.4, 0.5) is 0 Å². The third-order valence-electron chi connectivity index (χ3n) is 7.38. The minimum atomic E-state index is -0.379. The van der Waals surface area contributed by atoms with E-state index in [1.807, 2.05) is 33.1 Å². The van der Waals surface area contributed by atoms with Crippen molar-refractivity contribution in [1.29, 1.82) is 0 Å². The van der Waals surface area contributed by atoms with E-state index in [4.69, 9.17) is 9.73 Å². The molecule has 4 atom stereocenters. The van der Waals surface area contributed by atoms with Crippen LogP contribution < -0.4 is 5.32 Å². The average Bonchev–Trinajstić information content (AvgIpc) is 3.49. The maximum absolute atomic E-state index is 13.2. The van der Waals surface area contributed by atoms with Crippen molar-refractivity contribution >= 4 is 28.8 Å². The number of carbonyl (C=O) groups is 2. The van der Waals surface area contributed by atoms with Crippen LogP contribution >= 0.6 is 11.8 Å². The van der Waals surface area contributed by atoms with Gasteiger partial charge in [-0.25, -0.2) is 9.79 Å². The minimum absolute atomic E-state index is 0.0471. The summed E-state index contributed by atoms with van der Waals surface area (Å²) in [4.78, 5) is 33.1. The summed E-state index contributed by atoms with van der Waals surface area (Å²) in [7, 11) is 0. The second-order valence-corrected chi connectivity index (χ2v) is 11.1. The number of esters is 1. The number of fused-ring (bicyclic) bond motifs is 3. The van der Waals surface area contributed by atoms with Gasteiger partial charge in [0.25, 0.3) is 0 Å². The molecule has 0 aromatic heterocycles. The van der Waals surface area contributed by atoms with Crippen molar-refractivity contribution < 1.29 is 14.3 Å². The van der Waals surface area contributed by atoms with Gasteiger partial charge in [-0.1, -0.05) is 48.0 Å². The largest absolute Gasteiger partial charge is 0.459 e. The van der Waals surface area contributed by atoms with E-state index in [1.165, 1.54) is 31.0 Å². The van der Waals surface area contributed by atoms with Gasteiger partial charge in [0, 0.05) is 11.7 Å². The molecule has 7 heteroatoms. The summed E-state index contributed by atoms with van der Waals surface area (Å²) in [5, 5.41) is 6.11. The first-order chi connectivity index (χ1) is 16.3. The van der Waals surface area contributed by atoms with Gasteiger partial charge in [0.1, 0.15) is 0 Å². The number of ether oxygens (including phenoxy) is 1. The van der Waals surface area contributed by atoms with Crippen LogP contribution in [0, 0.1) is 18.8 Å². The summed E-state index contributed by atoms with van der Waals surface area (Å²) in [6, 6.07) is 8.13. The van der Waals surface area contributed by atoms with E-state index >= 15 is 0 Å². The minimum Gasteiger partial charge on any atom is -0.459 e. The van der Waals surface area contributed by atoms with Crippen molar-refractivity contribution in [1.82, 2.24) is 10.2 Å². The zero-order chi connectivity index (χ0) is 24.0. The Balaban J connectivity index is 1.42. The molecule has 2 saturated carbocycles. The number of allylic oxidation sites excluding steroid dienone is 1. The van der Waals surface area contributed by atoms with Gasteiger partial charge in [-0.05, 0) is 69.8 Å². The Hall–Kier alpha value is -2.54. The molecule has 34 heavy (non-hydrogen) atoms. The fourth-order valence-electron chi connectivity index (χ4n) is 5.82. The molecule has 1 amide bonds. The molecule has 1 aromatic rings. The number of hydrogen-bond acceptors (Lipinski definition) is 6. The predicted molar refractivity (Wildman–Crippen MR) is 135 cm³/mol. The van der Waals surface area contributed by atoms with Crippen LogP contribution in [0.5, 0.6) is 0 Å². The van der Waals surface area contributed by atoms with E-state index in [-0.39, 0.29) is 30.4 Å². The van der Waals surface area contributed by atoms with Crippen LogP contribution in [-0.4, -0.2) is 34.1 Å². The molecular weight excluding hydrogens is 446 g/mol. The van der Waals surface area contributed by atoms with Crippen molar-refractivity contribution in [2.24, 2.45) is 16.8 Å². The Morgan fingerprint density at radius 2 is 1.94 bits per heavy atom. The molecule has 2 bridgehead atoms. The molecule has 1 N–H and O–H groups in total. The van der Waals surface area contributed by atoms with Crippen molar-refractivity contribution in [3.8, 4) is 0 Å². The summed E-state index contributed by atoms with van der Waals surface area (Å²) in [6.45, 7) is 7.61. The van der Waals surface area contributed by atoms with E-state index in [1.54, 1.807) is 0 Å². The molecule has 2 heterocycles. The summed E-state index contributed by atoms with van der Waals surface area (Å²) < 4.78 is 5.62. The van der Waals surface area contributed by atoms with Crippen LogP contribution in [0.2, 0.25) is 0 Å². The van der Waals surface area contributed by atoms with Crippen molar-refractivity contribution in [3.05, 3.63) is 57.8 Å². The van der Waals surface area contributed by atoms with Gasteiger partial charge >= 0.3 is 5.97 Å². The van der Waals surface area contributed by atoms with Gasteiger partial charge < -0.3 is 15.0 Å². The number of amidine groups is 1. The number of aryl methyl sites for hydroxylation is 1. The lowest BCUT2D eigenvalue weighted by Gasteiger charge is -2.36. The summed E-state index contributed by atoms with van der Waals surface area (Å²) >= 11 is 1.51. The monoisotopic (exact) mass is 479 g/mol. The van der Waals surface area contributed by atoms with Gasteiger partial charge in [0.05, 0.1) is 29.8 Å². The van der Waals surface area contributed by atoms with Crippen LogP contribution in [0.25, 0.3) is 0 Å². The van der Waals surface area contributed by atoms with Gasteiger partial charge in [-0.2, -0.15) is 0 Å². The molecule has 0 unspecified atom stereocenters. The number of carbonyl (C=O) groups excluding carboxylic acids is 2. The second-order valence-electron chi connectivity index (χ2n) is 10.3. The number of thioether (sulfide) groups is 1. The van der Waals surface area contributed by atoms with Crippen LogP contribution in [-0.2, 0) is 14.3 Å². The van der Waals surface area contributed by atoms with E-state index in [0.29, 0.717) is 23.2 Å². The normalized spacial score (nSPS) is 27.6. The van der Waals surface area contributed by atoms with Gasteiger partial charge in [-0.15, -0.1) is 0 Å². The number of rotatable bonds is 6. The smallest absolute Gasteiger partial charge is 0.338 e. The van der Waals surface area contributed by atoms with Crippen LogP contribution in [0.1, 0.15) is 70.0 Å². The Morgan fingerprint density at radius 3 is 2.59 bits per heavy atom. The highest BCUT2D eigenvalue weighted by atomic mass is 32.2. The molecule has 0 saturated heterocycles. The number of nitrogens with one attached hydrogen (secondary N) is 1. The van der Waals surface area contributed by atoms with Gasteiger partial charge in [0.15, 0.2) is 5.17 Å². The van der Waals surface area contributed by atoms with Crippen molar-refractivity contribution in [2.45, 2.75) is 78.0 Å². The molecule has 6 nitrogen and oxygen atoms in total. The number of benzene rings is 1. The van der Waals surface area contributed by atoms with Gasteiger partial charge in [0.2, 0.25) is 5.91 Å². The summed E-state index contributed by atoms with van der Waals surface area (Å²) in [6.07, 6.45) is 4.96. The maximum atomic E-state index is 13.2. The van der Waals surface area contributed by atoms with E-state index in [9.17, 15) is 9.59 Å². The average molecular weight is 480 g/mol. The number of aliphatic imine (C=N–C) groups is 1. The second kappa shape index (κ2) is 9.25. The summed E-state index contributed by atoms with van der Waals surface area (Å²) in [5.41, 5.74) is 4.20. The standard InChI is InChI=1S/C27H33N3O3S/c1-15(2)33-26(32)24-17(4)28-27-30(25(24)19-8-5-16(3)6-9-19)21(14-34-27)13-23(31)29-22-12-18-7-10-20(22)11-18/h5-6,8-9,14-15,18,20,22,25H,7,10-13H2,1-4H3,(H,29,31)/t18-,20-,22+,25-/m0/s1. The first kappa shape index (κ1) is 23.2. The Bertz CT molecular complexity index is 1090. The number of hydrogen-bond donors (Lipinski definition) is 1. The third kappa shape index (κ3) is 4.42. The van der Waals surface area contributed by atoms with E-state index < -0.39 is 0 Å². The molecule has 4 aliphatic rings. The zero-order valence-corrected chi connectivity index (χ0v) is 21.2. The van der Waals surface area contributed by atoms with E-state index in [0.717, 1.165) is 34.3 Å². The number of nitrogens with zero attached hydrogens (tertiary/aromatic N) is 2. The van der Waals surface area contributed by atoms with Gasteiger partial charge in [-0.3, -0.25) is 4.79 Å². The van der Waals surface area contributed by atoms with Crippen LogP contribution in [0.15, 0.2) is 51.6 Å². The Kier molecular flexibility index (Phi) is 6.32. The highest BCUT2D eigenvalue weighted by molar-refractivity contribution is 8.16. The molecule has 0 spiro atoms. The topological polar surface area (TPSA) is 71.0 Å². The van der Waals surface area contributed by atoms with Crippen molar-refractivity contribution in [3.63, 3.8) is 0 Å². The predicted octanol–water partition coefficient (Wildman–Crippen LogP) is 5.22. The Morgan fingerprint density at radius 1 is 1.18 bits per heavy atom. The molecule has 5 rings (SSSR count). The quantitative estimate of drug-likeness (QED) is 0.567. The van der Waals surface area contributed by atoms with Crippen LogP contribution in [0.3, 0.4) is 0 Å². The zero-order valence-electron chi connectivity index (χ0n) is 20.3. The first-order valence-corrected chi connectivity index (χ1v) is 13.2. The lowest BCUT2D eigenvalue weighted by atomic mass is 9.93. The molecular formula is C27H33N3O3S. The molecule has 1 aromatic carbocycles. The van der Waals surface area contributed by atoms with E-state index in [2.05, 4.69) is 34.5 Å². The fourth-order valence-corrected chi connectivity index (χ4v) is 6.78. The first-order valence-electron chi connectivity index (χ1n) is 12.3. The molecule has 0 radical (unpaired) electrons. The fraction of sp³-hybridized carbons (Fsp3) is 0.519. The third-order valence-corrected chi connectivity index (χ3v) is 8.27. The highest BCUT2D eigenvalue weighted by Gasteiger charge is 2.43. The molecule has 2 aliphatic carbocycles. The highest BCUT2D eigenvalue weighted by Crippen LogP contribution is 2.46. The SMILES string of the molecule is CC1=C(C(=O)OC(C)C)[C@H](c2ccc(C)cc2)N2C(CC(=O)N[C@@H]3C[C@H]4CC[C@H]3C4)=CSC2=N1. The summed E-state index contributed by atoms with van der Waals surface area (Å²) in [5.74, 6) is 1.11. The molecule has 180 valence electrons. The maximum Gasteiger partial charge on any atom is 0.338 e. The molecule has 2 aliphatic heterocycles. The van der Waals surface area contributed by atoms with Crippen molar-refractivity contribution in [2.75, 3.05) is 0 Å². The molecule has 2 fully saturated rings. The lowest BCUT2D eigenvalue weighted by Crippen LogP contribution is -2.41. The Labute approximate surface area is 205 Å².